The maximum Gasteiger partial charge on any atom is 0.0117 e. The number of rotatable bonds is 3. The van der Waals surface area contributed by atoms with Crippen molar-refractivity contribution in [1.82, 2.24) is 0 Å². The van der Waals surface area contributed by atoms with E-state index in [1.165, 1.54) is 0 Å². The van der Waals surface area contributed by atoms with E-state index in [1.807, 2.05) is 0 Å². The Labute approximate surface area is 66.5 Å². The van der Waals surface area contributed by atoms with Gasteiger partial charge >= 0.3 is 0 Å². The summed E-state index contributed by atoms with van der Waals surface area (Å²) in [5, 5.41) is 1.04. The summed E-state index contributed by atoms with van der Waals surface area (Å²) in [7, 11) is 0. The Morgan fingerprint density at radius 3 is 2.33 bits per heavy atom. The van der Waals surface area contributed by atoms with Crippen molar-refractivity contribution < 1.29 is 0 Å². The second kappa shape index (κ2) is 4.10. The molecule has 54 valence electrons. The average Bonchev–Trinajstić information content (AvgIpc) is 1.84. The van der Waals surface area contributed by atoms with Gasteiger partial charge in [-0.15, -0.1) is 0 Å². The standard InChI is InChI=1S/C8H15Br/c1-4-5-6-8(2,3)7-9/h5-6H,4,7H2,1-3H3/b6-5+. The third kappa shape index (κ3) is 4.71. The van der Waals surface area contributed by atoms with Crippen LogP contribution in [-0.4, -0.2) is 5.33 Å². The lowest BCUT2D eigenvalue weighted by Gasteiger charge is -2.14. The van der Waals surface area contributed by atoms with Crippen LogP contribution in [0.3, 0.4) is 0 Å². The molecule has 0 atom stereocenters. The lowest BCUT2D eigenvalue weighted by atomic mass is 9.96. The molecule has 0 aliphatic rings. The summed E-state index contributed by atoms with van der Waals surface area (Å²) in [6, 6.07) is 0. The molecule has 0 N–H and O–H groups in total. The van der Waals surface area contributed by atoms with Crippen molar-refractivity contribution in [1.29, 1.82) is 0 Å². The van der Waals surface area contributed by atoms with Crippen LogP contribution in [0.5, 0.6) is 0 Å². The summed E-state index contributed by atoms with van der Waals surface area (Å²) in [5.74, 6) is 0. The van der Waals surface area contributed by atoms with Gasteiger partial charge < -0.3 is 0 Å². The largest absolute Gasteiger partial charge is 0.0919 e. The normalized spacial score (nSPS) is 12.9. The van der Waals surface area contributed by atoms with E-state index in [9.17, 15) is 0 Å². The quantitative estimate of drug-likeness (QED) is 0.473. The second-order valence-electron chi connectivity index (χ2n) is 2.93. The van der Waals surface area contributed by atoms with Crippen LogP contribution in [0.15, 0.2) is 12.2 Å². The van der Waals surface area contributed by atoms with Gasteiger partial charge in [-0.05, 0) is 11.8 Å². The summed E-state index contributed by atoms with van der Waals surface area (Å²) >= 11 is 3.45. The fourth-order valence-electron chi connectivity index (χ4n) is 0.481. The van der Waals surface area contributed by atoms with Gasteiger partial charge in [0.05, 0.1) is 0 Å². The SMILES string of the molecule is CC/C=C/C(C)(C)CBr. The Hall–Kier alpha value is 0.220. The molecule has 0 rings (SSSR count). The molecule has 0 amide bonds. The predicted octanol–water partition coefficient (Wildman–Crippen LogP) is 3.37. The van der Waals surface area contributed by atoms with Crippen molar-refractivity contribution in [3.63, 3.8) is 0 Å². The van der Waals surface area contributed by atoms with Crippen molar-refractivity contribution >= 4 is 15.9 Å². The summed E-state index contributed by atoms with van der Waals surface area (Å²) in [5.41, 5.74) is 0.329. The van der Waals surface area contributed by atoms with Gasteiger partial charge in [0.25, 0.3) is 0 Å². The molecule has 1 heteroatoms. The Balaban J connectivity index is 3.70. The van der Waals surface area contributed by atoms with E-state index in [4.69, 9.17) is 0 Å². The summed E-state index contributed by atoms with van der Waals surface area (Å²) in [6.45, 7) is 6.59. The maximum absolute atomic E-state index is 3.45. The molecule has 0 nitrogen and oxygen atoms in total. The molecule has 0 unspecified atom stereocenters. The first-order chi connectivity index (χ1) is 4.12. The summed E-state index contributed by atoms with van der Waals surface area (Å²) in [4.78, 5) is 0. The molecule has 0 saturated heterocycles. The molecule has 0 bridgehead atoms. The summed E-state index contributed by atoms with van der Waals surface area (Å²) < 4.78 is 0. The third-order valence-electron chi connectivity index (χ3n) is 1.15. The number of hydrogen-bond donors (Lipinski definition) is 0. The monoisotopic (exact) mass is 190 g/mol. The van der Waals surface area contributed by atoms with Crippen LogP contribution in [0.1, 0.15) is 27.2 Å². The minimum absolute atomic E-state index is 0.329. The smallest absolute Gasteiger partial charge is 0.0117 e. The molecule has 0 heterocycles. The molecule has 0 aliphatic carbocycles. The van der Waals surface area contributed by atoms with E-state index in [0.29, 0.717) is 5.41 Å². The predicted molar refractivity (Wildman–Crippen MR) is 47.0 cm³/mol. The molecule has 0 radical (unpaired) electrons. The molecule has 9 heavy (non-hydrogen) atoms. The van der Waals surface area contributed by atoms with Gasteiger partial charge in [-0.1, -0.05) is 48.9 Å². The van der Waals surface area contributed by atoms with Gasteiger partial charge in [-0.2, -0.15) is 0 Å². The van der Waals surface area contributed by atoms with Gasteiger partial charge in [0.15, 0.2) is 0 Å². The first-order valence-electron chi connectivity index (χ1n) is 3.36. The van der Waals surface area contributed by atoms with E-state index in [-0.39, 0.29) is 0 Å². The molecule has 0 aromatic rings. The number of alkyl halides is 1. The highest BCUT2D eigenvalue weighted by Gasteiger charge is 2.09. The van der Waals surface area contributed by atoms with Crippen LogP contribution in [-0.2, 0) is 0 Å². The second-order valence-corrected chi connectivity index (χ2v) is 3.49. The van der Waals surface area contributed by atoms with Crippen LogP contribution in [0.4, 0.5) is 0 Å². The minimum atomic E-state index is 0.329. The fraction of sp³-hybridized carbons (Fsp3) is 0.750. The maximum atomic E-state index is 3.45. The molecule has 0 saturated carbocycles. The molecule has 0 fully saturated rings. The lowest BCUT2D eigenvalue weighted by Crippen LogP contribution is -2.07. The zero-order valence-corrected chi connectivity index (χ0v) is 8.03. The van der Waals surface area contributed by atoms with Crippen LogP contribution < -0.4 is 0 Å². The van der Waals surface area contributed by atoms with Crippen molar-refractivity contribution in [3.05, 3.63) is 12.2 Å². The first-order valence-corrected chi connectivity index (χ1v) is 4.48. The topological polar surface area (TPSA) is 0 Å². The van der Waals surface area contributed by atoms with Gasteiger partial charge in [0.2, 0.25) is 0 Å². The highest BCUT2D eigenvalue weighted by Crippen LogP contribution is 2.19. The van der Waals surface area contributed by atoms with Crippen LogP contribution in [0, 0.1) is 5.41 Å². The van der Waals surface area contributed by atoms with E-state index >= 15 is 0 Å². The summed E-state index contributed by atoms with van der Waals surface area (Å²) in [6.07, 6.45) is 5.60. The van der Waals surface area contributed by atoms with Crippen molar-refractivity contribution in [3.8, 4) is 0 Å². The van der Waals surface area contributed by atoms with Gasteiger partial charge in [-0.3, -0.25) is 0 Å². The Bertz CT molecular complexity index is 92.7. The first kappa shape index (κ1) is 9.22. The molecule has 0 aromatic carbocycles. The van der Waals surface area contributed by atoms with Gasteiger partial charge in [0.1, 0.15) is 0 Å². The average molecular weight is 191 g/mol. The molecule has 0 spiro atoms. The minimum Gasteiger partial charge on any atom is -0.0919 e. The van der Waals surface area contributed by atoms with Crippen molar-refractivity contribution in [2.45, 2.75) is 27.2 Å². The van der Waals surface area contributed by atoms with E-state index < -0.39 is 0 Å². The Morgan fingerprint density at radius 2 is 2.00 bits per heavy atom. The molecule has 0 aromatic heterocycles. The molecular formula is C8H15Br. The zero-order chi connectivity index (χ0) is 7.33. The Kier molecular flexibility index (Phi) is 4.20. The lowest BCUT2D eigenvalue weighted by molar-refractivity contribution is 0.559. The van der Waals surface area contributed by atoms with Crippen LogP contribution in [0.25, 0.3) is 0 Å². The van der Waals surface area contributed by atoms with Crippen molar-refractivity contribution in [2.75, 3.05) is 5.33 Å². The Morgan fingerprint density at radius 1 is 1.44 bits per heavy atom. The highest BCUT2D eigenvalue weighted by atomic mass is 79.9. The van der Waals surface area contributed by atoms with Gasteiger partial charge in [0, 0.05) is 5.33 Å². The fourth-order valence-corrected chi connectivity index (χ4v) is 0.668. The number of halogens is 1. The highest BCUT2D eigenvalue weighted by molar-refractivity contribution is 9.09. The van der Waals surface area contributed by atoms with E-state index in [0.717, 1.165) is 11.8 Å². The van der Waals surface area contributed by atoms with E-state index in [2.05, 4.69) is 48.9 Å². The molecular weight excluding hydrogens is 176 g/mol. The zero-order valence-electron chi connectivity index (χ0n) is 6.45. The van der Waals surface area contributed by atoms with Gasteiger partial charge in [-0.25, -0.2) is 0 Å². The molecule has 0 aliphatic heterocycles. The van der Waals surface area contributed by atoms with Crippen LogP contribution in [0.2, 0.25) is 0 Å². The number of allylic oxidation sites excluding steroid dienone is 2. The van der Waals surface area contributed by atoms with E-state index in [1.54, 1.807) is 0 Å². The third-order valence-corrected chi connectivity index (χ3v) is 2.59. The van der Waals surface area contributed by atoms with Crippen molar-refractivity contribution in [2.24, 2.45) is 5.41 Å². The number of hydrogen-bond acceptors (Lipinski definition) is 0. The van der Waals surface area contributed by atoms with Crippen LogP contribution >= 0.6 is 15.9 Å².